The molecule has 1 unspecified atom stereocenters. The molecule has 2 nitrogen and oxygen atoms in total. The minimum Gasteiger partial charge on any atom is -0.392 e. The first-order valence-electron chi connectivity index (χ1n) is 6.74. The maximum atomic E-state index is 9.76. The summed E-state index contributed by atoms with van der Waals surface area (Å²) in [4.78, 5) is 0. The summed E-state index contributed by atoms with van der Waals surface area (Å²) in [6.45, 7) is 2.22. The molecule has 2 rings (SSSR count). The Labute approximate surface area is 104 Å². The Morgan fingerprint density at radius 3 is 2.71 bits per heavy atom. The highest BCUT2D eigenvalue weighted by atomic mass is 16.3. The van der Waals surface area contributed by atoms with E-state index in [9.17, 15) is 5.11 Å². The molecule has 1 fully saturated rings. The summed E-state index contributed by atoms with van der Waals surface area (Å²) in [6.07, 6.45) is 5.35. The van der Waals surface area contributed by atoms with Crippen LogP contribution in [-0.4, -0.2) is 23.3 Å². The van der Waals surface area contributed by atoms with Crippen LogP contribution in [0.3, 0.4) is 0 Å². The van der Waals surface area contributed by atoms with Crippen LogP contribution >= 0.6 is 0 Å². The third-order valence-electron chi connectivity index (χ3n) is 3.69. The minimum atomic E-state index is -0.130. The quantitative estimate of drug-likeness (QED) is 0.819. The zero-order chi connectivity index (χ0) is 12.1. The highest BCUT2D eigenvalue weighted by Crippen LogP contribution is 2.19. The van der Waals surface area contributed by atoms with Gasteiger partial charge >= 0.3 is 0 Å². The second-order valence-electron chi connectivity index (χ2n) is 5.20. The highest BCUT2D eigenvalue weighted by Gasteiger charge is 2.25. The summed E-state index contributed by atoms with van der Waals surface area (Å²) in [5.41, 5.74) is 1.40. The first-order chi connectivity index (χ1) is 8.25. The topological polar surface area (TPSA) is 32.3 Å². The van der Waals surface area contributed by atoms with E-state index in [1.54, 1.807) is 0 Å². The van der Waals surface area contributed by atoms with Gasteiger partial charge in [0.15, 0.2) is 0 Å². The fourth-order valence-electron chi connectivity index (χ4n) is 2.61. The van der Waals surface area contributed by atoms with Crippen LogP contribution in [0, 0.1) is 0 Å². The third-order valence-corrected chi connectivity index (χ3v) is 3.69. The van der Waals surface area contributed by atoms with Crippen LogP contribution in [0.15, 0.2) is 30.3 Å². The molecule has 0 radical (unpaired) electrons. The molecule has 0 aromatic heterocycles. The largest absolute Gasteiger partial charge is 0.392 e. The summed E-state index contributed by atoms with van der Waals surface area (Å²) >= 11 is 0. The molecule has 0 saturated heterocycles. The molecule has 17 heavy (non-hydrogen) atoms. The average molecular weight is 233 g/mol. The van der Waals surface area contributed by atoms with Crippen molar-refractivity contribution in [3.63, 3.8) is 0 Å². The number of nitrogens with one attached hydrogen (secondary N) is 1. The average Bonchev–Trinajstić information content (AvgIpc) is 2.74. The Kier molecular flexibility index (Phi) is 4.57. The molecule has 0 spiro atoms. The Morgan fingerprint density at radius 1 is 1.29 bits per heavy atom. The SMILES string of the molecule is CC(CCc1ccccc1)N[C@@H]1CCC[C@H]1O. The van der Waals surface area contributed by atoms with Crippen molar-refractivity contribution in [2.75, 3.05) is 0 Å². The first kappa shape index (κ1) is 12.6. The van der Waals surface area contributed by atoms with Crippen LogP contribution in [0.1, 0.15) is 38.2 Å². The molecule has 1 aliphatic carbocycles. The van der Waals surface area contributed by atoms with Crippen molar-refractivity contribution in [2.45, 2.75) is 57.2 Å². The Balaban J connectivity index is 1.72. The summed E-state index contributed by atoms with van der Waals surface area (Å²) in [7, 11) is 0. The zero-order valence-electron chi connectivity index (χ0n) is 10.6. The fraction of sp³-hybridized carbons (Fsp3) is 0.600. The lowest BCUT2D eigenvalue weighted by Crippen LogP contribution is -2.41. The second kappa shape index (κ2) is 6.18. The maximum Gasteiger partial charge on any atom is 0.0693 e. The van der Waals surface area contributed by atoms with E-state index in [1.165, 1.54) is 5.56 Å². The van der Waals surface area contributed by atoms with E-state index in [1.807, 2.05) is 0 Å². The van der Waals surface area contributed by atoms with Gasteiger partial charge in [-0.1, -0.05) is 30.3 Å². The number of aryl methyl sites for hydroxylation is 1. The number of aliphatic hydroxyl groups is 1. The van der Waals surface area contributed by atoms with Gasteiger partial charge in [-0.05, 0) is 44.6 Å². The van der Waals surface area contributed by atoms with E-state index in [0.29, 0.717) is 12.1 Å². The van der Waals surface area contributed by atoms with Crippen LogP contribution in [0.25, 0.3) is 0 Å². The predicted molar refractivity (Wildman–Crippen MR) is 71.0 cm³/mol. The van der Waals surface area contributed by atoms with E-state index in [-0.39, 0.29) is 6.10 Å². The van der Waals surface area contributed by atoms with Crippen molar-refractivity contribution in [3.8, 4) is 0 Å². The molecule has 2 heteroatoms. The molecule has 94 valence electrons. The van der Waals surface area contributed by atoms with Crippen LogP contribution in [0.2, 0.25) is 0 Å². The van der Waals surface area contributed by atoms with E-state index in [4.69, 9.17) is 0 Å². The molecule has 0 aliphatic heterocycles. The van der Waals surface area contributed by atoms with Gasteiger partial charge < -0.3 is 10.4 Å². The molecular weight excluding hydrogens is 210 g/mol. The minimum absolute atomic E-state index is 0.130. The summed E-state index contributed by atoms with van der Waals surface area (Å²) in [5.74, 6) is 0. The van der Waals surface area contributed by atoms with E-state index >= 15 is 0 Å². The molecule has 0 amide bonds. The van der Waals surface area contributed by atoms with Gasteiger partial charge in [-0.3, -0.25) is 0 Å². The van der Waals surface area contributed by atoms with Gasteiger partial charge in [0.1, 0.15) is 0 Å². The lowest BCUT2D eigenvalue weighted by atomic mass is 10.1. The summed E-state index contributed by atoms with van der Waals surface area (Å²) in [6, 6.07) is 11.4. The van der Waals surface area contributed by atoms with Gasteiger partial charge in [-0.15, -0.1) is 0 Å². The fourth-order valence-corrected chi connectivity index (χ4v) is 2.61. The number of rotatable bonds is 5. The lowest BCUT2D eigenvalue weighted by molar-refractivity contribution is 0.143. The van der Waals surface area contributed by atoms with E-state index < -0.39 is 0 Å². The lowest BCUT2D eigenvalue weighted by Gasteiger charge is -2.22. The second-order valence-corrected chi connectivity index (χ2v) is 5.20. The smallest absolute Gasteiger partial charge is 0.0693 e. The van der Waals surface area contributed by atoms with E-state index in [2.05, 4.69) is 42.6 Å². The van der Waals surface area contributed by atoms with Gasteiger partial charge in [-0.2, -0.15) is 0 Å². The third kappa shape index (κ3) is 3.83. The van der Waals surface area contributed by atoms with Crippen LogP contribution in [0.5, 0.6) is 0 Å². The maximum absolute atomic E-state index is 9.76. The van der Waals surface area contributed by atoms with Gasteiger partial charge in [0.05, 0.1) is 6.10 Å². The zero-order valence-corrected chi connectivity index (χ0v) is 10.6. The Hall–Kier alpha value is -0.860. The number of hydrogen-bond acceptors (Lipinski definition) is 2. The van der Waals surface area contributed by atoms with Crippen molar-refractivity contribution in [3.05, 3.63) is 35.9 Å². The standard InChI is InChI=1S/C15H23NO/c1-12(16-14-8-5-9-15(14)17)10-11-13-6-3-2-4-7-13/h2-4,6-7,12,14-17H,5,8-11H2,1H3/t12?,14-,15-/m1/s1. The predicted octanol–water partition coefficient (Wildman–Crippen LogP) is 2.51. The number of hydrogen-bond donors (Lipinski definition) is 2. The van der Waals surface area contributed by atoms with Crippen LogP contribution in [0.4, 0.5) is 0 Å². The summed E-state index contributed by atoms with van der Waals surface area (Å²) in [5, 5.41) is 13.3. The number of benzene rings is 1. The Bertz CT molecular complexity index is 325. The molecule has 1 aromatic rings. The molecule has 3 atom stereocenters. The monoisotopic (exact) mass is 233 g/mol. The normalized spacial score (nSPS) is 26.0. The molecule has 1 saturated carbocycles. The summed E-state index contributed by atoms with van der Waals surface area (Å²) < 4.78 is 0. The van der Waals surface area contributed by atoms with Gasteiger partial charge in [0.2, 0.25) is 0 Å². The van der Waals surface area contributed by atoms with Gasteiger partial charge in [0, 0.05) is 12.1 Å². The van der Waals surface area contributed by atoms with Crippen LogP contribution < -0.4 is 5.32 Å². The Morgan fingerprint density at radius 2 is 2.06 bits per heavy atom. The highest BCUT2D eigenvalue weighted by molar-refractivity contribution is 5.14. The van der Waals surface area contributed by atoms with Crippen molar-refractivity contribution >= 4 is 0 Å². The van der Waals surface area contributed by atoms with Crippen molar-refractivity contribution < 1.29 is 5.11 Å². The molecule has 0 heterocycles. The molecule has 2 N–H and O–H groups in total. The number of aliphatic hydroxyl groups excluding tert-OH is 1. The van der Waals surface area contributed by atoms with Gasteiger partial charge in [-0.25, -0.2) is 0 Å². The molecule has 1 aromatic carbocycles. The van der Waals surface area contributed by atoms with E-state index in [0.717, 1.165) is 32.1 Å². The van der Waals surface area contributed by atoms with Crippen molar-refractivity contribution in [2.24, 2.45) is 0 Å². The van der Waals surface area contributed by atoms with Crippen molar-refractivity contribution in [1.82, 2.24) is 5.32 Å². The first-order valence-corrected chi connectivity index (χ1v) is 6.74. The van der Waals surface area contributed by atoms with Gasteiger partial charge in [0.25, 0.3) is 0 Å². The molecular formula is C15H23NO. The van der Waals surface area contributed by atoms with Crippen molar-refractivity contribution in [1.29, 1.82) is 0 Å². The van der Waals surface area contributed by atoms with Crippen LogP contribution in [-0.2, 0) is 6.42 Å². The molecule has 1 aliphatic rings. The molecule has 0 bridgehead atoms.